The first-order valence-corrected chi connectivity index (χ1v) is 8.60. The van der Waals surface area contributed by atoms with Gasteiger partial charge in [-0.25, -0.2) is 4.79 Å². The van der Waals surface area contributed by atoms with E-state index in [9.17, 15) is 9.59 Å². The molecule has 0 atom stereocenters. The van der Waals surface area contributed by atoms with Crippen molar-refractivity contribution in [2.75, 3.05) is 19.7 Å². The maximum absolute atomic E-state index is 11.7. The smallest absolute Gasteiger partial charge is 0.412 e. The molecule has 0 aliphatic rings. The number of hydrogen-bond donors (Lipinski definition) is 2. The van der Waals surface area contributed by atoms with Gasteiger partial charge < -0.3 is 20.1 Å². The molecule has 0 aromatic heterocycles. The van der Waals surface area contributed by atoms with Gasteiger partial charge in [-0.1, -0.05) is 35.9 Å². The summed E-state index contributed by atoms with van der Waals surface area (Å²) >= 11 is 0. The van der Waals surface area contributed by atoms with E-state index in [2.05, 4.69) is 10.6 Å². The van der Waals surface area contributed by atoms with E-state index in [1.54, 1.807) is 24.3 Å². The Bertz CT molecular complexity index is 687. The number of carbonyl (C=O) groups excluding carboxylic acids is 2. The SMILES string of the molecule is Cc1ccc(OCCCC(=O)NCCNC(=O)Oc2ccccc2)cc1. The molecule has 0 bridgehead atoms. The van der Waals surface area contributed by atoms with Gasteiger partial charge in [0.05, 0.1) is 6.61 Å². The van der Waals surface area contributed by atoms with Crippen LogP contribution >= 0.6 is 0 Å². The number of ether oxygens (including phenoxy) is 2. The summed E-state index contributed by atoms with van der Waals surface area (Å²) in [6, 6.07) is 16.6. The highest BCUT2D eigenvalue weighted by Gasteiger charge is 2.04. The van der Waals surface area contributed by atoms with Crippen LogP contribution in [0.5, 0.6) is 11.5 Å². The number of benzene rings is 2. The van der Waals surface area contributed by atoms with Crippen LogP contribution in [0, 0.1) is 6.92 Å². The van der Waals surface area contributed by atoms with Gasteiger partial charge in [-0.2, -0.15) is 0 Å². The predicted octanol–water partition coefficient (Wildman–Crippen LogP) is 3.06. The summed E-state index contributed by atoms with van der Waals surface area (Å²) in [7, 11) is 0. The Morgan fingerprint density at radius 3 is 2.31 bits per heavy atom. The van der Waals surface area contributed by atoms with Crippen molar-refractivity contribution in [1.82, 2.24) is 10.6 Å². The molecule has 0 radical (unpaired) electrons. The second-order valence-electron chi connectivity index (χ2n) is 5.74. The van der Waals surface area contributed by atoms with Gasteiger partial charge in [-0.05, 0) is 37.6 Å². The van der Waals surface area contributed by atoms with Crippen molar-refractivity contribution in [2.45, 2.75) is 19.8 Å². The van der Waals surface area contributed by atoms with Crippen molar-refractivity contribution in [3.05, 3.63) is 60.2 Å². The van der Waals surface area contributed by atoms with E-state index in [0.717, 1.165) is 5.75 Å². The van der Waals surface area contributed by atoms with E-state index >= 15 is 0 Å². The molecule has 0 heterocycles. The molecular formula is C20H24N2O4. The summed E-state index contributed by atoms with van der Waals surface area (Å²) in [6.45, 7) is 3.15. The lowest BCUT2D eigenvalue weighted by Gasteiger charge is -2.08. The minimum absolute atomic E-state index is 0.0734. The molecule has 26 heavy (non-hydrogen) atoms. The number of para-hydroxylation sites is 1. The Morgan fingerprint density at radius 2 is 1.58 bits per heavy atom. The normalized spacial score (nSPS) is 10.0. The lowest BCUT2D eigenvalue weighted by molar-refractivity contribution is -0.121. The molecule has 0 saturated carbocycles. The van der Waals surface area contributed by atoms with Gasteiger partial charge in [-0.3, -0.25) is 4.79 Å². The van der Waals surface area contributed by atoms with Crippen LogP contribution in [0.3, 0.4) is 0 Å². The first-order valence-electron chi connectivity index (χ1n) is 8.60. The van der Waals surface area contributed by atoms with Crippen LogP contribution in [0.2, 0.25) is 0 Å². The molecule has 6 nitrogen and oxygen atoms in total. The Hall–Kier alpha value is -3.02. The van der Waals surface area contributed by atoms with Gasteiger partial charge in [-0.15, -0.1) is 0 Å². The van der Waals surface area contributed by atoms with Crippen LogP contribution < -0.4 is 20.1 Å². The molecule has 2 amide bonds. The quantitative estimate of drug-likeness (QED) is 0.677. The van der Waals surface area contributed by atoms with Crippen LogP contribution in [0.1, 0.15) is 18.4 Å². The monoisotopic (exact) mass is 356 g/mol. The summed E-state index contributed by atoms with van der Waals surface area (Å²) in [5, 5.41) is 5.32. The fourth-order valence-corrected chi connectivity index (χ4v) is 2.14. The average Bonchev–Trinajstić information content (AvgIpc) is 2.65. The fraction of sp³-hybridized carbons (Fsp3) is 0.300. The van der Waals surface area contributed by atoms with E-state index in [0.29, 0.717) is 38.3 Å². The Kier molecular flexibility index (Phi) is 7.99. The molecular weight excluding hydrogens is 332 g/mol. The number of aryl methyl sites for hydroxylation is 1. The van der Waals surface area contributed by atoms with Gasteiger partial charge in [0.1, 0.15) is 11.5 Å². The topological polar surface area (TPSA) is 76.7 Å². The molecule has 0 saturated heterocycles. The highest BCUT2D eigenvalue weighted by molar-refractivity contribution is 5.76. The van der Waals surface area contributed by atoms with Crippen molar-refractivity contribution in [3.8, 4) is 11.5 Å². The third kappa shape index (κ3) is 7.70. The molecule has 0 aliphatic carbocycles. The lowest BCUT2D eigenvalue weighted by Crippen LogP contribution is -2.36. The maximum Gasteiger partial charge on any atom is 0.412 e. The lowest BCUT2D eigenvalue weighted by atomic mass is 10.2. The van der Waals surface area contributed by atoms with E-state index in [4.69, 9.17) is 9.47 Å². The fourth-order valence-electron chi connectivity index (χ4n) is 2.14. The van der Waals surface area contributed by atoms with Crippen LogP contribution in [0.15, 0.2) is 54.6 Å². The Morgan fingerprint density at radius 1 is 0.885 bits per heavy atom. The molecule has 138 valence electrons. The second-order valence-corrected chi connectivity index (χ2v) is 5.74. The zero-order chi connectivity index (χ0) is 18.6. The molecule has 0 spiro atoms. The zero-order valence-corrected chi connectivity index (χ0v) is 14.9. The van der Waals surface area contributed by atoms with Gasteiger partial charge in [0.2, 0.25) is 5.91 Å². The molecule has 0 fully saturated rings. The van der Waals surface area contributed by atoms with Crippen molar-refractivity contribution in [2.24, 2.45) is 0 Å². The summed E-state index contributed by atoms with van der Waals surface area (Å²) < 4.78 is 10.6. The number of amides is 2. The zero-order valence-electron chi connectivity index (χ0n) is 14.9. The molecule has 6 heteroatoms. The number of hydrogen-bond acceptors (Lipinski definition) is 4. The summed E-state index contributed by atoms with van der Waals surface area (Å²) in [4.78, 5) is 23.3. The van der Waals surface area contributed by atoms with Crippen LogP contribution in [0.25, 0.3) is 0 Å². The van der Waals surface area contributed by atoms with E-state index in [-0.39, 0.29) is 5.91 Å². The van der Waals surface area contributed by atoms with Gasteiger partial charge in [0.25, 0.3) is 0 Å². The molecule has 2 aromatic carbocycles. The highest BCUT2D eigenvalue weighted by atomic mass is 16.6. The minimum Gasteiger partial charge on any atom is -0.494 e. The van der Waals surface area contributed by atoms with Gasteiger partial charge in [0.15, 0.2) is 0 Å². The largest absolute Gasteiger partial charge is 0.494 e. The van der Waals surface area contributed by atoms with E-state index < -0.39 is 6.09 Å². The maximum atomic E-state index is 11.7. The summed E-state index contributed by atoms with van der Waals surface area (Å²) in [5.41, 5.74) is 1.18. The van der Waals surface area contributed by atoms with Crippen molar-refractivity contribution in [1.29, 1.82) is 0 Å². The first-order chi connectivity index (χ1) is 12.6. The van der Waals surface area contributed by atoms with Crippen LogP contribution in [0.4, 0.5) is 4.79 Å². The Labute approximate surface area is 153 Å². The van der Waals surface area contributed by atoms with Crippen molar-refractivity contribution >= 4 is 12.0 Å². The standard InChI is InChI=1S/C20H24N2O4/c1-16-9-11-17(12-10-16)25-15-5-8-19(23)21-13-14-22-20(24)26-18-6-3-2-4-7-18/h2-4,6-7,9-12H,5,8,13-15H2,1H3,(H,21,23)(H,22,24). The van der Waals surface area contributed by atoms with E-state index in [1.807, 2.05) is 37.3 Å². The summed E-state index contributed by atoms with van der Waals surface area (Å²) in [6.07, 6.45) is 0.459. The average molecular weight is 356 g/mol. The first kappa shape index (κ1) is 19.3. The molecule has 2 rings (SSSR count). The van der Waals surface area contributed by atoms with Crippen LogP contribution in [-0.4, -0.2) is 31.7 Å². The molecule has 0 unspecified atom stereocenters. The summed E-state index contributed by atoms with van der Waals surface area (Å²) in [5.74, 6) is 1.20. The number of rotatable bonds is 9. The highest BCUT2D eigenvalue weighted by Crippen LogP contribution is 2.11. The predicted molar refractivity (Wildman–Crippen MR) is 99.4 cm³/mol. The van der Waals surface area contributed by atoms with Crippen molar-refractivity contribution in [3.63, 3.8) is 0 Å². The van der Waals surface area contributed by atoms with E-state index in [1.165, 1.54) is 5.56 Å². The minimum atomic E-state index is -0.544. The molecule has 0 aliphatic heterocycles. The number of carbonyl (C=O) groups is 2. The molecule has 2 N–H and O–H groups in total. The van der Waals surface area contributed by atoms with Crippen LogP contribution in [-0.2, 0) is 4.79 Å². The van der Waals surface area contributed by atoms with Crippen molar-refractivity contribution < 1.29 is 19.1 Å². The molecule has 2 aromatic rings. The third-order valence-corrected chi connectivity index (χ3v) is 3.51. The van der Waals surface area contributed by atoms with Gasteiger partial charge >= 0.3 is 6.09 Å². The number of nitrogens with one attached hydrogen (secondary N) is 2. The van der Waals surface area contributed by atoms with Gasteiger partial charge in [0, 0.05) is 19.5 Å². The second kappa shape index (κ2) is 10.8. The Balaban J connectivity index is 1.49. The third-order valence-electron chi connectivity index (χ3n) is 3.51.